The number of fused-ring (bicyclic) bond motifs is 1. The molecule has 0 amide bonds. The van der Waals surface area contributed by atoms with Gasteiger partial charge >= 0.3 is 0 Å². The Morgan fingerprint density at radius 3 is 2.95 bits per heavy atom. The molecule has 1 unspecified atom stereocenters. The second-order valence-electron chi connectivity index (χ2n) is 6.43. The van der Waals surface area contributed by atoms with Gasteiger partial charge in [0, 0.05) is 19.3 Å². The molecule has 110 valence electrons. The maximum Gasteiger partial charge on any atom is 0.0494 e. The van der Waals surface area contributed by atoms with Crippen LogP contribution < -0.4 is 5.32 Å². The number of nitrogens with one attached hydrogen (secondary N) is 1. The fraction of sp³-hybridized carbons (Fsp3) is 0.667. The standard InChI is InChI=1S/C18H27NO/c1-14(19-10-3-11-20-13-15-6-7-15)17-9-8-16-4-2-5-18(16)12-17/h8-9,12,14-15,19H,2-7,10-11,13H2,1H3. The van der Waals surface area contributed by atoms with Gasteiger partial charge in [-0.15, -0.1) is 0 Å². The van der Waals surface area contributed by atoms with Crippen LogP contribution in [0.15, 0.2) is 18.2 Å². The third-order valence-corrected chi connectivity index (χ3v) is 4.59. The Bertz CT molecular complexity index is 439. The van der Waals surface area contributed by atoms with E-state index in [2.05, 4.69) is 30.4 Å². The van der Waals surface area contributed by atoms with E-state index in [1.54, 1.807) is 11.1 Å². The van der Waals surface area contributed by atoms with Crippen molar-refractivity contribution in [2.45, 2.75) is 51.5 Å². The predicted molar refractivity (Wildman–Crippen MR) is 83.0 cm³/mol. The second-order valence-corrected chi connectivity index (χ2v) is 6.43. The van der Waals surface area contributed by atoms with Crippen molar-refractivity contribution < 1.29 is 4.74 Å². The van der Waals surface area contributed by atoms with Crippen molar-refractivity contribution in [2.75, 3.05) is 19.8 Å². The van der Waals surface area contributed by atoms with Gasteiger partial charge in [0.15, 0.2) is 0 Å². The number of hydrogen-bond donors (Lipinski definition) is 1. The average molecular weight is 273 g/mol. The molecule has 0 radical (unpaired) electrons. The molecule has 2 aliphatic rings. The zero-order valence-corrected chi connectivity index (χ0v) is 12.7. The highest BCUT2D eigenvalue weighted by Gasteiger charge is 2.20. The fourth-order valence-corrected chi connectivity index (χ4v) is 3.01. The van der Waals surface area contributed by atoms with Gasteiger partial charge in [-0.2, -0.15) is 0 Å². The van der Waals surface area contributed by atoms with E-state index >= 15 is 0 Å². The average Bonchev–Trinajstić information content (AvgIpc) is 3.17. The third-order valence-electron chi connectivity index (χ3n) is 4.59. The summed E-state index contributed by atoms with van der Waals surface area (Å²) in [4.78, 5) is 0. The van der Waals surface area contributed by atoms with Gasteiger partial charge in [-0.1, -0.05) is 18.2 Å². The molecule has 1 atom stereocenters. The highest BCUT2D eigenvalue weighted by Crippen LogP contribution is 2.28. The molecule has 3 rings (SSSR count). The molecule has 1 aromatic rings. The van der Waals surface area contributed by atoms with E-state index < -0.39 is 0 Å². The number of rotatable bonds is 8. The lowest BCUT2D eigenvalue weighted by molar-refractivity contribution is 0.121. The van der Waals surface area contributed by atoms with Crippen molar-refractivity contribution in [3.8, 4) is 0 Å². The van der Waals surface area contributed by atoms with Crippen molar-refractivity contribution in [3.63, 3.8) is 0 Å². The van der Waals surface area contributed by atoms with Crippen LogP contribution in [-0.4, -0.2) is 19.8 Å². The minimum Gasteiger partial charge on any atom is -0.381 e. The Labute approximate surface area is 122 Å². The van der Waals surface area contributed by atoms with E-state index in [-0.39, 0.29) is 0 Å². The number of benzene rings is 1. The zero-order valence-electron chi connectivity index (χ0n) is 12.7. The molecule has 1 saturated carbocycles. The molecule has 0 bridgehead atoms. The van der Waals surface area contributed by atoms with Crippen LogP contribution in [0.2, 0.25) is 0 Å². The van der Waals surface area contributed by atoms with Crippen molar-refractivity contribution in [2.24, 2.45) is 5.92 Å². The largest absolute Gasteiger partial charge is 0.381 e. The van der Waals surface area contributed by atoms with Gasteiger partial charge in [0.1, 0.15) is 0 Å². The van der Waals surface area contributed by atoms with Crippen molar-refractivity contribution in [1.82, 2.24) is 5.32 Å². The maximum absolute atomic E-state index is 5.67. The molecule has 2 nitrogen and oxygen atoms in total. The Hall–Kier alpha value is -0.860. The number of ether oxygens (including phenoxy) is 1. The Morgan fingerprint density at radius 1 is 1.25 bits per heavy atom. The molecular formula is C18H27NO. The van der Waals surface area contributed by atoms with Crippen LogP contribution >= 0.6 is 0 Å². The van der Waals surface area contributed by atoms with E-state index in [4.69, 9.17) is 4.74 Å². The van der Waals surface area contributed by atoms with Crippen molar-refractivity contribution in [3.05, 3.63) is 34.9 Å². The Balaban J connectivity index is 1.36. The van der Waals surface area contributed by atoms with Gasteiger partial charge in [0.2, 0.25) is 0 Å². The number of aryl methyl sites for hydroxylation is 2. The summed E-state index contributed by atoms with van der Waals surface area (Å²) in [6, 6.07) is 7.48. The molecule has 0 aromatic heterocycles. The van der Waals surface area contributed by atoms with Crippen molar-refractivity contribution >= 4 is 0 Å². The molecule has 0 aliphatic heterocycles. The van der Waals surface area contributed by atoms with Gasteiger partial charge in [-0.3, -0.25) is 0 Å². The molecule has 2 heteroatoms. The lowest BCUT2D eigenvalue weighted by Gasteiger charge is -2.15. The molecule has 0 saturated heterocycles. The Morgan fingerprint density at radius 2 is 2.10 bits per heavy atom. The van der Waals surface area contributed by atoms with Crippen LogP contribution in [0, 0.1) is 5.92 Å². The normalized spacial score (nSPS) is 19.1. The summed E-state index contributed by atoms with van der Waals surface area (Å²) >= 11 is 0. The SMILES string of the molecule is CC(NCCCOCC1CC1)c1ccc2c(c1)CCC2. The molecule has 2 aliphatic carbocycles. The molecule has 0 heterocycles. The predicted octanol–water partition coefficient (Wildman–Crippen LogP) is 3.64. The molecule has 0 spiro atoms. The highest BCUT2D eigenvalue weighted by molar-refractivity contribution is 5.36. The van der Waals surface area contributed by atoms with Crippen LogP contribution in [0.4, 0.5) is 0 Å². The molecule has 20 heavy (non-hydrogen) atoms. The third kappa shape index (κ3) is 3.83. The first-order valence-electron chi connectivity index (χ1n) is 8.26. The van der Waals surface area contributed by atoms with Gasteiger partial charge in [0.25, 0.3) is 0 Å². The van der Waals surface area contributed by atoms with Crippen LogP contribution in [0.5, 0.6) is 0 Å². The molecule has 1 aromatic carbocycles. The molecular weight excluding hydrogens is 246 g/mol. The lowest BCUT2D eigenvalue weighted by atomic mass is 10.0. The van der Waals surface area contributed by atoms with E-state index in [0.717, 1.165) is 32.1 Å². The van der Waals surface area contributed by atoms with Crippen LogP contribution in [0.25, 0.3) is 0 Å². The van der Waals surface area contributed by atoms with Gasteiger partial charge in [-0.25, -0.2) is 0 Å². The summed E-state index contributed by atoms with van der Waals surface area (Å²) in [6.07, 6.45) is 7.75. The smallest absolute Gasteiger partial charge is 0.0494 e. The van der Waals surface area contributed by atoms with E-state index in [1.165, 1.54) is 37.7 Å². The van der Waals surface area contributed by atoms with E-state index in [9.17, 15) is 0 Å². The van der Waals surface area contributed by atoms with E-state index in [1.807, 2.05) is 0 Å². The van der Waals surface area contributed by atoms with Gasteiger partial charge in [-0.05, 0) is 74.6 Å². The zero-order chi connectivity index (χ0) is 13.8. The minimum absolute atomic E-state index is 0.448. The van der Waals surface area contributed by atoms with Crippen LogP contribution in [-0.2, 0) is 17.6 Å². The van der Waals surface area contributed by atoms with Crippen molar-refractivity contribution in [1.29, 1.82) is 0 Å². The monoisotopic (exact) mass is 273 g/mol. The second kappa shape index (κ2) is 6.73. The van der Waals surface area contributed by atoms with Gasteiger partial charge in [0.05, 0.1) is 0 Å². The highest BCUT2D eigenvalue weighted by atomic mass is 16.5. The first-order chi connectivity index (χ1) is 9.83. The topological polar surface area (TPSA) is 21.3 Å². The Kier molecular flexibility index (Phi) is 4.74. The van der Waals surface area contributed by atoms with Gasteiger partial charge < -0.3 is 10.1 Å². The summed E-state index contributed by atoms with van der Waals surface area (Å²) in [5.74, 6) is 0.883. The first kappa shape index (κ1) is 14.1. The summed E-state index contributed by atoms with van der Waals surface area (Å²) in [5.41, 5.74) is 4.57. The fourth-order valence-electron chi connectivity index (χ4n) is 3.01. The maximum atomic E-state index is 5.67. The van der Waals surface area contributed by atoms with E-state index in [0.29, 0.717) is 6.04 Å². The van der Waals surface area contributed by atoms with Crippen LogP contribution in [0.3, 0.4) is 0 Å². The summed E-state index contributed by atoms with van der Waals surface area (Å²) in [5, 5.41) is 3.61. The molecule has 1 fully saturated rings. The van der Waals surface area contributed by atoms with Crippen LogP contribution in [0.1, 0.15) is 55.3 Å². The lowest BCUT2D eigenvalue weighted by Crippen LogP contribution is -2.21. The number of hydrogen-bond acceptors (Lipinski definition) is 2. The quantitative estimate of drug-likeness (QED) is 0.730. The minimum atomic E-state index is 0.448. The first-order valence-corrected chi connectivity index (χ1v) is 8.26. The summed E-state index contributed by atoms with van der Waals surface area (Å²) in [7, 11) is 0. The molecule has 1 N–H and O–H groups in total. The summed E-state index contributed by atoms with van der Waals surface area (Å²) < 4.78 is 5.67. The summed E-state index contributed by atoms with van der Waals surface area (Å²) in [6.45, 7) is 5.20.